The fourth-order valence-electron chi connectivity index (χ4n) is 3.34. The molecule has 0 unspecified atom stereocenters. The summed E-state index contributed by atoms with van der Waals surface area (Å²) in [6, 6.07) is 15.1. The van der Waals surface area contributed by atoms with E-state index in [9.17, 15) is 9.59 Å². The summed E-state index contributed by atoms with van der Waals surface area (Å²) in [4.78, 5) is 25.3. The molecule has 0 atom stereocenters. The van der Waals surface area contributed by atoms with Gasteiger partial charge in [0.2, 0.25) is 0 Å². The Morgan fingerprint density at radius 3 is 2.21 bits per heavy atom. The Balaban J connectivity index is 1.81. The minimum atomic E-state index is -0.822. The number of aromatic nitrogens is 2. The van der Waals surface area contributed by atoms with Gasteiger partial charge in [0.15, 0.2) is 0 Å². The molecule has 0 saturated heterocycles. The predicted molar refractivity (Wildman–Crippen MR) is 113 cm³/mol. The molecule has 1 aromatic heterocycles. The highest BCUT2D eigenvalue weighted by molar-refractivity contribution is 6.05. The van der Waals surface area contributed by atoms with Crippen LogP contribution in [0.3, 0.4) is 0 Å². The van der Waals surface area contributed by atoms with Crippen molar-refractivity contribution in [1.82, 2.24) is 9.78 Å². The second kappa shape index (κ2) is 8.31. The van der Waals surface area contributed by atoms with Gasteiger partial charge >= 0.3 is 5.97 Å². The third kappa shape index (κ3) is 4.37. The molecule has 1 heterocycles. The molecule has 6 nitrogen and oxygen atoms in total. The highest BCUT2D eigenvalue weighted by atomic mass is 16.4. The van der Waals surface area contributed by atoms with Crippen molar-refractivity contribution in [1.29, 1.82) is 0 Å². The van der Waals surface area contributed by atoms with Crippen molar-refractivity contribution < 1.29 is 14.7 Å². The number of carbonyl (C=O) groups is 2. The second-order valence-electron chi connectivity index (χ2n) is 7.20. The van der Waals surface area contributed by atoms with Gasteiger partial charge in [0.05, 0.1) is 11.4 Å². The first kappa shape index (κ1) is 20.3. The van der Waals surface area contributed by atoms with Crippen LogP contribution in [-0.2, 0) is 11.2 Å². The van der Waals surface area contributed by atoms with Gasteiger partial charge in [0, 0.05) is 30.4 Å². The van der Waals surface area contributed by atoms with Gasteiger partial charge in [0.25, 0.3) is 5.91 Å². The minimum absolute atomic E-state index is 0.0756. The molecule has 0 bridgehead atoms. The Bertz CT molecular complexity index is 1030. The maximum absolute atomic E-state index is 12.8. The molecule has 3 aromatic rings. The van der Waals surface area contributed by atoms with Crippen molar-refractivity contribution in [3.05, 3.63) is 76.6 Å². The van der Waals surface area contributed by atoms with Crippen molar-refractivity contribution in [2.24, 2.45) is 0 Å². The van der Waals surface area contributed by atoms with E-state index < -0.39 is 5.97 Å². The Labute approximate surface area is 170 Å². The topological polar surface area (TPSA) is 75.4 Å². The molecule has 3 rings (SSSR count). The van der Waals surface area contributed by atoms with Gasteiger partial charge in [-0.25, -0.2) is 4.68 Å². The third-order valence-electron chi connectivity index (χ3n) is 5.11. The van der Waals surface area contributed by atoms with E-state index in [4.69, 9.17) is 5.11 Å². The van der Waals surface area contributed by atoms with E-state index in [1.54, 1.807) is 28.8 Å². The van der Waals surface area contributed by atoms with E-state index in [-0.39, 0.29) is 12.3 Å². The number of anilines is 1. The molecule has 1 N–H and O–H groups in total. The molecule has 29 heavy (non-hydrogen) atoms. The van der Waals surface area contributed by atoms with Crippen molar-refractivity contribution >= 4 is 17.6 Å². The number of nitrogens with zero attached hydrogens (tertiary/aromatic N) is 3. The van der Waals surface area contributed by atoms with Crippen LogP contribution in [0.15, 0.2) is 48.5 Å². The molecule has 0 aliphatic heterocycles. The van der Waals surface area contributed by atoms with Crippen molar-refractivity contribution in [2.75, 3.05) is 11.9 Å². The molecule has 0 aliphatic rings. The summed E-state index contributed by atoms with van der Waals surface area (Å²) in [5.41, 5.74) is 6.10. The fraction of sp³-hybridized carbons (Fsp3) is 0.261. The first-order valence-corrected chi connectivity index (χ1v) is 9.50. The zero-order chi connectivity index (χ0) is 21.1. The molecule has 0 spiro atoms. The summed E-state index contributed by atoms with van der Waals surface area (Å²) in [5.74, 6) is -0.909. The average molecular weight is 391 g/mol. The van der Waals surface area contributed by atoms with Crippen LogP contribution in [0.25, 0.3) is 5.69 Å². The van der Waals surface area contributed by atoms with Crippen molar-refractivity contribution in [3.63, 3.8) is 0 Å². The van der Waals surface area contributed by atoms with Crippen molar-refractivity contribution in [3.8, 4) is 5.69 Å². The van der Waals surface area contributed by atoms with Gasteiger partial charge < -0.3 is 10.0 Å². The van der Waals surface area contributed by atoms with Gasteiger partial charge in [-0.15, -0.1) is 0 Å². The molecule has 0 aliphatic carbocycles. The first-order valence-electron chi connectivity index (χ1n) is 9.50. The standard InChI is InChI=1S/C23H25N3O3/c1-15-5-9-19(10-6-15)25(4)23(29)18-7-11-20(12-8-18)26-17(3)21(16(2)24-26)13-14-22(27)28/h5-12H,13-14H2,1-4H3,(H,27,28). The number of aliphatic carboxylic acids is 1. The van der Waals surface area contributed by atoms with Crippen LogP contribution in [0.4, 0.5) is 5.69 Å². The Kier molecular flexibility index (Phi) is 5.82. The van der Waals surface area contributed by atoms with E-state index in [0.717, 1.165) is 33.9 Å². The van der Waals surface area contributed by atoms with Crippen LogP contribution >= 0.6 is 0 Å². The Hall–Kier alpha value is -3.41. The summed E-state index contributed by atoms with van der Waals surface area (Å²) in [6.45, 7) is 5.83. The minimum Gasteiger partial charge on any atom is -0.481 e. The molecule has 2 aromatic carbocycles. The largest absolute Gasteiger partial charge is 0.481 e. The normalized spacial score (nSPS) is 10.8. The summed E-state index contributed by atoms with van der Waals surface area (Å²) >= 11 is 0. The SMILES string of the molecule is Cc1ccc(N(C)C(=O)c2ccc(-n3nc(C)c(CCC(=O)O)c3C)cc2)cc1. The summed E-state index contributed by atoms with van der Waals surface area (Å²) in [5, 5.41) is 13.5. The number of carbonyl (C=O) groups excluding carboxylic acids is 1. The maximum Gasteiger partial charge on any atom is 0.303 e. The lowest BCUT2D eigenvalue weighted by atomic mass is 10.1. The monoisotopic (exact) mass is 391 g/mol. The number of carboxylic acids is 1. The Morgan fingerprint density at radius 2 is 1.62 bits per heavy atom. The fourth-order valence-corrected chi connectivity index (χ4v) is 3.34. The number of hydrogen-bond donors (Lipinski definition) is 1. The van der Waals surface area contributed by atoms with E-state index in [1.165, 1.54) is 0 Å². The van der Waals surface area contributed by atoms with Crippen LogP contribution < -0.4 is 4.90 Å². The predicted octanol–water partition coefficient (Wildman–Crippen LogP) is 4.09. The van der Waals surface area contributed by atoms with Crippen molar-refractivity contribution in [2.45, 2.75) is 33.6 Å². The van der Waals surface area contributed by atoms with E-state index in [0.29, 0.717) is 12.0 Å². The second-order valence-corrected chi connectivity index (χ2v) is 7.20. The highest BCUT2D eigenvalue weighted by Crippen LogP contribution is 2.21. The zero-order valence-corrected chi connectivity index (χ0v) is 17.1. The van der Waals surface area contributed by atoms with E-state index >= 15 is 0 Å². The maximum atomic E-state index is 12.8. The zero-order valence-electron chi connectivity index (χ0n) is 17.1. The number of amides is 1. The van der Waals surface area contributed by atoms with Gasteiger partial charge in [-0.3, -0.25) is 9.59 Å². The molecule has 150 valence electrons. The van der Waals surface area contributed by atoms with Crippen LogP contribution in [-0.4, -0.2) is 33.8 Å². The summed E-state index contributed by atoms with van der Waals surface area (Å²) < 4.78 is 1.80. The Morgan fingerprint density at radius 1 is 1.00 bits per heavy atom. The summed E-state index contributed by atoms with van der Waals surface area (Å²) in [7, 11) is 1.76. The molecule has 1 amide bonds. The highest BCUT2D eigenvalue weighted by Gasteiger charge is 2.16. The van der Waals surface area contributed by atoms with Gasteiger partial charge in [0.1, 0.15) is 0 Å². The number of carboxylic acid groups (broad SMARTS) is 1. The number of hydrogen-bond acceptors (Lipinski definition) is 3. The molecular formula is C23H25N3O3. The molecule has 0 fully saturated rings. The van der Waals surface area contributed by atoms with Crippen LogP contribution in [0.5, 0.6) is 0 Å². The number of rotatable bonds is 6. The lowest BCUT2D eigenvalue weighted by Gasteiger charge is -2.18. The van der Waals surface area contributed by atoms with Crippen LogP contribution in [0.2, 0.25) is 0 Å². The van der Waals surface area contributed by atoms with Crippen LogP contribution in [0, 0.1) is 20.8 Å². The van der Waals surface area contributed by atoms with E-state index in [2.05, 4.69) is 5.10 Å². The van der Waals surface area contributed by atoms with E-state index in [1.807, 2.05) is 57.2 Å². The molecule has 0 saturated carbocycles. The van der Waals surface area contributed by atoms with Crippen LogP contribution in [0.1, 0.15) is 39.3 Å². The van der Waals surface area contributed by atoms with Gasteiger partial charge in [-0.2, -0.15) is 5.10 Å². The quantitative estimate of drug-likeness (QED) is 0.687. The first-order chi connectivity index (χ1) is 13.8. The lowest BCUT2D eigenvalue weighted by molar-refractivity contribution is -0.136. The molecule has 0 radical (unpaired) electrons. The molecule has 6 heteroatoms. The number of benzene rings is 2. The lowest BCUT2D eigenvalue weighted by Crippen LogP contribution is -2.26. The third-order valence-corrected chi connectivity index (χ3v) is 5.11. The number of aryl methyl sites for hydroxylation is 2. The summed E-state index contributed by atoms with van der Waals surface area (Å²) in [6.07, 6.45) is 0.525. The van der Waals surface area contributed by atoms with Gasteiger partial charge in [-0.05, 0) is 69.2 Å². The smallest absolute Gasteiger partial charge is 0.303 e. The molecular weight excluding hydrogens is 366 g/mol. The van der Waals surface area contributed by atoms with Gasteiger partial charge in [-0.1, -0.05) is 17.7 Å². The average Bonchev–Trinajstić information content (AvgIpc) is 2.99.